The highest BCUT2D eigenvalue weighted by molar-refractivity contribution is 7.15. The molecule has 0 fully saturated rings. The summed E-state index contributed by atoms with van der Waals surface area (Å²) in [6, 6.07) is 2.16. The zero-order valence-electron chi connectivity index (χ0n) is 9.46. The van der Waals surface area contributed by atoms with Crippen molar-refractivity contribution < 1.29 is 0 Å². The van der Waals surface area contributed by atoms with Crippen LogP contribution in [0.2, 0.25) is 0 Å². The minimum atomic E-state index is 0.642. The first-order valence-electron chi connectivity index (χ1n) is 4.87. The maximum Gasteiger partial charge on any atom is 0.180 e. The molecule has 2 N–H and O–H groups in total. The lowest BCUT2D eigenvalue weighted by molar-refractivity contribution is 0.845. The van der Waals surface area contributed by atoms with E-state index < -0.39 is 0 Å². The highest BCUT2D eigenvalue weighted by atomic mass is 32.1. The molecule has 0 unspecified atom stereocenters. The summed E-state index contributed by atoms with van der Waals surface area (Å²) in [5, 5.41) is 0.642. The van der Waals surface area contributed by atoms with E-state index in [0.717, 1.165) is 5.69 Å². The van der Waals surface area contributed by atoms with Crippen LogP contribution < -0.4 is 5.73 Å². The molecule has 0 atom stereocenters. The van der Waals surface area contributed by atoms with Crippen molar-refractivity contribution in [2.75, 3.05) is 5.73 Å². The molecule has 2 rings (SSSR count). The Morgan fingerprint density at radius 1 is 1.33 bits per heavy atom. The number of hydrogen-bond donors (Lipinski definition) is 1. The summed E-state index contributed by atoms with van der Waals surface area (Å²) in [4.78, 5) is 5.56. The molecule has 80 valence electrons. The van der Waals surface area contributed by atoms with Crippen LogP contribution in [0.5, 0.6) is 0 Å². The van der Waals surface area contributed by atoms with Gasteiger partial charge in [-0.15, -0.1) is 11.3 Å². The van der Waals surface area contributed by atoms with E-state index in [0.29, 0.717) is 5.13 Å². The number of nitrogens with zero attached hydrogens (tertiary/aromatic N) is 2. The van der Waals surface area contributed by atoms with Gasteiger partial charge in [-0.1, -0.05) is 0 Å². The van der Waals surface area contributed by atoms with E-state index in [9.17, 15) is 0 Å². The van der Waals surface area contributed by atoms with Crippen molar-refractivity contribution in [1.29, 1.82) is 0 Å². The molecule has 3 nitrogen and oxygen atoms in total. The molecule has 0 amide bonds. The monoisotopic (exact) mass is 221 g/mol. The molecular weight excluding hydrogens is 206 g/mol. The van der Waals surface area contributed by atoms with Crippen molar-refractivity contribution in [2.45, 2.75) is 20.8 Å². The average molecular weight is 221 g/mol. The van der Waals surface area contributed by atoms with Gasteiger partial charge in [0.15, 0.2) is 5.13 Å². The minimum absolute atomic E-state index is 0.642. The molecule has 0 aromatic carbocycles. The largest absolute Gasteiger partial charge is 0.375 e. The number of hydrogen-bond acceptors (Lipinski definition) is 3. The molecule has 4 heteroatoms. The van der Waals surface area contributed by atoms with Crippen molar-refractivity contribution in [3.05, 3.63) is 22.3 Å². The molecule has 15 heavy (non-hydrogen) atoms. The summed E-state index contributed by atoms with van der Waals surface area (Å²) >= 11 is 1.55. The SMILES string of the molecule is Cc1sc(N)nc1-c1cc(C)n(C)c1C. The Morgan fingerprint density at radius 3 is 2.40 bits per heavy atom. The topological polar surface area (TPSA) is 43.8 Å². The maximum absolute atomic E-state index is 5.71. The van der Waals surface area contributed by atoms with Crippen LogP contribution in [0.15, 0.2) is 6.07 Å². The predicted molar refractivity (Wildman–Crippen MR) is 65.1 cm³/mol. The molecule has 0 saturated carbocycles. The molecule has 0 spiro atoms. The van der Waals surface area contributed by atoms with Gasteiger partial charge in [-0.05, 0) is 26.8 Å². The van der Waals surface area contributed by atoms with Crippen molar-refractivity contribution in [2.24, 2.45) is 7.05 Å². The average Bonchev–Trinajstić information content (AvgIpc) is 2.61. The van der Waals surface area contributed by atoms with Crippen LogP contribution >= 0.6 is 11.3 Å². The summed E-state index contributed by atoms with van der Waals surface area (Å²) in [6.07, 6.45) is 0. The summed E-state index contributed by atoms with van der Waals surface area (Å²) in [5.74, 6) is 0. The first kappa shape index (κ1) is 10.2. The fourth-order valence-electron chi connectivity index (χ4n) is 1.76. The smallest absolute Gasteiger partial charge is 0.180 e. The maximum atomic E-state index is 5.71. The number of nitrogens with two attached hydrogens (primary N) is 1. The third-order valence-electron chi connectivity index (χ3n) is 2.84. The zero-order chi connectivity index (χ0) is 11.2. The van der Waals surface area contributed by atoms with Gasteiger partial charge in [0.25, 0.3) is 0 Å². The number of aryl methyl sites for hydroxylation is 2. The normalized spacial score (nSPS) is 10.9. The lowest BCUT2D eigenvalue weighted by atomic mass is 10.1. The van der Waals surface area contributed by atoms with Crippen molar-refractivity contribution >= 4 is 16.5 Å². The van der Waals surface area contributed by atoms with Gasteiger partial charge in [-0.3, -0.25) is 0 Å². The molecular formula is C11H15N3S. The summed E-state index contributed by atoms with van der Waals surface area (Å²) in [7, 11) is 2.07. The van der Waals surface area contributed by atoms with Crippen LogP contribution in [0.25, 0.3) is 11.3 Å². The predicted octanol–water partition coefficient (Wildman–Crippen LogP) is 2.66. The lowest BCUT2D eigenvalue weighted by Crippen LogP contribution is -1.93. The van der Waals surface area contributed by atoms with Crippen LogP contribution in [-0.4, -0.2) is 9.55 Å². The molecule has 2 heterocycles. The Labute approximate surface area is 93.6 Å². The van der Waals surface area contributed by atoms with Crippen LogP contribution in [0, 0.1) is 20.8 Å². The van der Waals surface area contributed by atoms with Crippen LogP contribution in [0.4, 0.5) is 5.13 Å². The third kappa shape index (κ3) is 1.55. The molecule has 2 aromatic heterocycles. The fraction of sp³-hybridized carbons (Fsp3) is 0.364. The molecule has 0 aliphatic carbocycles. The second-order valence-corrected chi connectivity index (χ2v) is 5.04. The van der Waals surface area contributed by atoms with Gasteiger partial charge in [-0.2, -0.15) is 0 Å². The van der Waals surface area contributed by atoms with Crippen molar-refractivity contribution in [3.63, 3.8) is 0 Å². The summed E-state index contributed by atoms with van der Waals surface area (Å²) in [6.45, 7) is 6.27. The second-order valence-electron chi connectivity index (χ2n) is 3.80. The van der Waals surface area contributed by atoms with Gasteiger partial charge in [0, 0.05) is 28.9 Å². The van der Waals surface area contributed by atoms with Crippen LogP contribution in [0.1, 0.15) is 16.3 Å². The first-order chi connectivity index (χ1) is 7.00. The Kier molecular flexibility index (Phi) is 2.31. The molecule has 2 aromatic rings. The first-order valence-corrected chi connectivity index (χ1v) is 5.68. The van der Waals surface area contributed by atoms with Crippen molar-refractivity contribution in [1.82, 2.24) is 9.55 Å². The molecule has 0 bridgehead atoms. The van der Waals surface area contributed by atoms with Gasteiger partial charge < -0.3 is 10.3 Å². The van der Waals surface area contributed by atoms with E-state index >= 15 is 0 Å². The third-order valence-corrected chi connectivity index (χ3v) is 3.64. The number of rotatable bonds is 1. The Bertz CT molecular complexity index is 508. The van der Waals surface area contributed by atoms with E-state index in [-0.39, 0.29) is 0 Å². The van der Waals surface area contributed by atoms with E-state index in [2.05, 4.69) is 43.4 Å². The van der Waals surface area contributed by atoms with E-state index in [4.69, 9.17) is 5.73 Å². The molecule has 0 radical (unpaired) electrons. The zero-order valence-corrected chi connectivity index (χ0v) is 10.3. The van der Waals surface area contributed by atoms with E-state index in [1.807, 2.05) is 0 Å². The lowest BCUT2D eigenvalue weighted by Gasteiger charge is -2.00. The van der Waals surface area contributed by atoms with Crippen LogP contribution in [-0.2, 0) is 7.05 Å². The van der Waals surface area contributed by atoms with E-state index in [1.165, 1.54) is 21.8 Å². The van der Waals surface area contributed by atoms with Gasteiger partial charge in [0.1, 0.15) is 0 Å². The van der Waals surface area contributed by atoms with Crippen molar-refractivity contribution in [3.8, 4) is 11.3 Å². The minimum Gasteiger partial charge on any atom is -0.375 e. The van der Waals surface area contributed by atoms with E-state index in [1.54, 1.807) is 11.3 Å². The number of aromatic nitrogens is 2. The molecule has 0 saturated heterocycles. The number of anilines is 1. The van der Waals surface area contributed by atoms with Gasteiger partial charge in [0.2, 0.25) is 0 Å². The summed E-state index contributed by atoms with van der Waals surface area (Å²) in [5.41, 5.74) is 10.4. The number of nitrogen functional groups attached to an aromatic ring is 1. The standard InChI is InChI=1S/C11H15N3S/c1-6-5-9(7(2)14(6)4)10-8(3)15-11(12)13-10/h5H,1-4H3,(H2,12,13). The molecule has 0 aliphatic heterocycles. The quantitative estimate of drug-likeness (QED) is 0.804. The highest BCUT2D eigenvalue weighted by Gasteiger charge is 2.13. The Morgan fingerprint density at radius 2 is 2.00 bits per heavy atom. The Hall–Kier alpha value is -1.29. The summed E-state index contributed by atoms with van der Waals surface area (Å²) < 4.78 is 2.17. The highest BCUT2D eigenvalue weighted by Crippen LogP contribution is 2.32. The Balaban J connectivity index is 2.64. The second kappa shape index (κ2) is 3.38. The van der Waals surface area contributed by atoms with Gasteiger partial charge in [0.05, 0.1) is 5.69 Å². The van der Waals surface area contributed by atoms with Gasteiger partial charge >= 0.3 is 0 Å². The van der Waals surface area contributed by atoms with Crippen LogP contribution in [0.3, 0.4) is 0 Å². The number of thiazole rings is 1. The fourth-order valence-corrected chi connectivity index (χ4v) is 2.46. The molecule has 0 aliphatic rings. The van der Waals surface area contributed by atoms with Gasteiger partial charge in [-0.25, -0.2) is 4.98 Å².